The highest BCUT2D eigenvalue weighted by molar-refractivity contribution is 6.00. The first kappa shape index (κ1) is 16.1. The maximum atomic E-state index is 14.3. The van der Waals surface area contributed by atoms with Crippen LogP contribution >= 0.6 is 0 Å². The zero-order chi connectivity index (χ0) is 18.6. The highest BCUT2D eigenvalue weighted by atomic mass is 19.1. The number of aromatic nitrogens is 2. The fourth-order valence-corrected chi connectivity index (χ4v) is 2.99. The quantitative estimate of drug-likeness (QED) is 0.578. The highest BCUT2D eigenvalue weighted by Crippen LogP contribution is 2.30. The van der Waals surface area contributed by atoms with Crippen molar-refractivity contribution < 1.29 is 13.2 Å². The molecule has 0 fully saturated rings. The van der Waals surface area contributed by atoms with Gasteiger partial charge in [0, 0.05) is 25.7 Å². The molecule has 2 aromatic heterocycles. The highest BCUT2D eigenvalue weighted by Gasteiger charge is 2.17. The number of benzene rings is 2. The minimum atomic E-state index is -0.777. The summed E-state index contributed by atoms with van der Waals surface area (Å²) in [6.45, 7) is 0. The molecule has 0 aliphatic rings. The molecule has 2 N–H and O–H groups in total. The fraction of sp³-hybridized carbons (Fsp3) is 0.111. The van der Waals surface area contributed by atoms with Crippen molar-refractivity contribution in [3.8, 4) is 11.3 Å². The Hall–Kier alpha value is -3.42. The lowest BCUT2D eigenvalue weighted by molar-refractivity contribution is 0.577. The van der Waals surface area contributed by atoms with E-state index in [2.05, 4.69) is 9.97 Å². The standard InChI is InChI=1S/C18H13F2N3O3/c1-23(2)16-10(19)5-8(6-11(16)20)14-7-13(24)9-3-4-12-15(17(9)26-14)22-18(25)21-12/h3-7H,1-2H3,(H2,21,22,25). The molecule has 8 heteroatoms. The van der Waals surface area contributed by atoms with Crippen molar-refractivity contribution in [2.45, 2.75) is 0 Å². The summed E-state index contributed by atoms with van der Waals surface area (Å²) in [5, 5.41) is 0.252. The van der Waals surface area contributed by atoms with E-state index < -0.39 is 17.3 Å². The van der Waals surface area contributed by atoms with Crippen molar-refractivity contribution in [3.05, 3.63) is 62.7 Å². The molecule has 6 nitrogen and oxygen atoms in total. The first-order valence-corrected chi connectivity index (χ1v) is 7.71. The maximum Gasteiger partial charge on any atom is 0.323 e. The fourth-order valence-electron chi connectivity index (χ4n) is 2.99. The average Bonchev–Trinajstić information content (AvgIpc) is 2.94. The van der Waals surface area contributed by atoms with Crippen LogP contribution in [0.4, 0.5) is 14.5 Å². The van der Waals surface area contributed by atoms with Gasteiger partial charge in [0.2, 0.25) is 0 Å². The zero-order valence-electron chi connectivity index (χ0n) is 13.8. The number of H-pyrrole nitrogens is 2. The lowest BCUT2D eigenvalue weighted by atomic mass is 10.1. The summed E-state index contributed by atoms with van der Waals surface area (Å²) in [5.74, 6) is -1.55. The van der Waals surface area contributed by atoms with Crippen LogP contribution in [0, 0.1) is 11.6 Å². The van der Waals surface area contributed by atoms with Gasteiger partial charge < -0.3 is 19.3 Å². The summed E-state index contributed by atoms with van der Waals surface area (Å²) in [5.41, 5.74) is -0.0225. The lowest BCUT2D eigenvalue weighted by Crippen LogP contribution is -2.13. The molecule has 26 heavy (non-hydrogen) atoms. The van der Waals surface area contributed by atoms with E-state index >= 15 is 0 Å². The van der Waals surface area contributed by atoms with Gasteiger partial charge in [-0.15, -0.1) is 0 Å². The molecule has 0 spiro atoms. The van der Waals surface area contributed by atoms with Crippen LogP contribution in [-0.2, 0) is 0 Å². The Bertz CT molecular complexity index is 1260. The molecule has 132 valence electrons. The summed E-state index contributed by atoms with van der Waals surface area (Å²) in [6, 6.07) is 6.47. The number of rotatable bonds is 2. The number of nitrogens with one attached hydrogen (secondary N) is 2. The van der Waals surface area contributed by atoms with Crippen LogP contribution < -0.4 is 16.0 Å². The minimum Gasteiger partial charge on any atom is -0.454 e. The second kappa shape index (κ2) is 5.55. The molecule has 0 amide bonds. The zero-order valence-corrected chi connectivity index (χ0v) is 13.8. The van der Waals surface area contributed by atoms with Crippen LogP contribution in [0.5, 0.6) is 0 Å². The Labute approximate surface area is 144 Å². The normalized spacial score (nSPS) is 11.4. The maximum absolute atomic E-state index is 14.3. The molecule has 0 atom stereocenters. The molecular formula is C18H13F2N3O3. The van der Waals surface area contributed by atoms with Crippen LogP contribution in [0.15, 0.2) is 44.3 Å². The van der Waals surface area contributed by atoms with Crippen molar-refractivity contribution in [2.75, 3.05) is 19.0 Å². The summed E-state index contributed by atoms with van der Waals surface area (Å²) in [7, 11) is 3.05. The molecule has 0 radical (unpaired) electrons. The second-order valence-corrected chi connectivity index (χ2v) is 6.10. The number of imidazole rings is 1. The van der Waals surface area contributed by atoms with Crippen molar-refractivity contribution in [3.63, 3.8) is 0 Å². The number of hydrogen-bond acceptors (Lipinski definition) is 4. The van der Waals surface area contributed by atoms with Crippen molar-refractivity contribution in [1.29, 1.82) is 0 Å². The lowest BCUT2D eigenvalue weighted by Gasteiger charge is -2.15. The van der Waals surface area contributed by atoms with Crippen LogP contribution in [-0.4, -0.2) is 24.1 Å². The van der Waals surface area contributed by atoms with Gasteiger partial charge in [-0.2, -0.15) is 0 Å². The first-order chi connectivity index (χ1) is 12.3. The van der Waals surface area contributed by atoms with Gasteiger partial charge in [0.25, 0.3) is 0 Å². The number of halogens is 2. The van der Waals surface area contributed by atoms with E-state index in [1.165, 1.54) is 31.1 Å². The average molecular weight is 357 g/mol. The number of anilines is 1. The molecule has 4 aromatic rings. The van der Waals surface area contributed by atoms with Crippen molar-refractivity contribution in [1.82, 2.24) is 9.97 Å². The summed E-state index contributed by atoms with van der Waals surface area (Å²) in [4.78, 5) is 30.4. The molecule has 4 rings (SSSR count). The predicted molar refractivity (Wildman–Crippen MR) is 94.6 cm³/mol. The van der Waals surface area contributed by atoms with Crippen LogP contribution in [0.1, 0.15) is 0 Å². The predicted octanol–water partition coefficient (Wildman–Crippen LogP) is 2.97. The number of aromatic amines is 2. The largest absolute Gasteiger partial charge is 0.454 e. The number of fused-ring (bicyclic) bond motifs is 3. The van der Waals surface area contributed by atoms with Crippen molar-refractivity contribution in [2.24, 2.45) is 0 Å². The number of hydrogen-bond donors (Lipinski definition) is 2. The minimum absolute atomic E-state index is 0.000144. The van der Waals surface area contributed by atoms with E-state index in [1.807, 2.05) is 0 Å². The van der Waals surface area contributed by atoms with Gasteiger partial charge >= 0.3 is 5.69 Å². The molecule has 0 aliphatic heterocycles. The van der Waals surface area contributed by atoms with Gasteiger partial charge in [0.05, 0.1) is 10.9 Å². The molecule has 0 saturated carbocycles. The Kier molecular flexibility index (Phi) is 3.43. The van der Waals surface area contributed by atoms with Gasteiger partial charge in [0.1, 0.15) is 28.6 Å². The Morgan fingerprint density at radius 2 is 1.69 bits per heavy atom. The van der Waals surface area contributed by atoms with E-state index in [4.69, 9.17) is 4.42 Å². The Morgan fingerprint density at radius 1 is 1.00 bits per heavy atom. The number of nitrogens with zero attached hydrogens (tertiary/aromatic N) is 1. The molecule has 0 bridgehead atoms. The smallest absolute Gasteiger partial charge is 0.323 e. The summed E-state index contributed by atoms with van der Waals surface area (Å²) in [6.07, 6.45) is 0. The van der Waals surface area contributed by atoms with Crippen molar-refractivity contribution >= 4 is 27.7 Å². The first-order valence-electron chi connectivity index (χ1n) is 7.71. The van der Waals surface area contributed by atoms with E-state index in [0.717, 1.165) is 12.1 Å². The van der Waals surface area contributed by atoms with Crippen LogP contribution in [0.2, 0.25) is 0 Å². The van der Waals surface area contributed by atoms with E-state index in [-0.39, 0.29) is 33.4 Å². The van der Waals surface area contributed by atoms with Gasteiger partial charge in [-0.25, -0.2) is 13.6 Å². The second-order valence-electron chi connectivity index (χ2n) is 6.10. The van der Waals surface area contributed by atoms with Crippen LogP contribution in [0.25, 0.3) is 33.3 Å². The summed E-state index contributed by atoms with van der Waals surface area (Å²) >= 11 is 0. The Balaban J connectivity index is 2.02. The SMILES string of the molecule is CN(C)c1c(F)cc(-c2cc(=O)c3ccc4[nH]c(=O)[nH]c4c3o2)cc1F. The molecular weight excluding hydrogens is 344 g/mol. The van der Waals surface area contributed by atoms with E-state index in [1.54, 1.807) is 6.07 Å². The third kappa shape index (κ3) is 2.38. The van der Waals surface area contributed by atoms with Gasteiger partial charge in [-0.05, 0) is 24.3 Å². The third-order valence-corrected chi connectivity index (χ3v) is 4.13. The van der Waals surface area contributed by atoms with Crippen LogP contribution in [0.3, 0.4) is 0 Å². The van der Waals surface area contributed by atoms with Gasteiger partial charge in [0.15, 0.2) is 11.0 Å². The van der Waals surface area contributed by atoms with Gasteiger partial charge in [-0.3, -0.25) is 4.79 Å². The summed E-state index contributed by atoms with van der Waals surface area (Å²) < 4.78 is 34.3. The topological polar surface area (TPSA) is 82.1 Å². The van der Waals surface area contributed by atoms with E-state index in [0.29, 0.717) is 11.0 Å². The molecule has 2 aromatic carbocycles. The van der Waals surface area contributed by atoms with E-state index in [9.17, 15) is 18.4 Å². The molecule has 0 saturated heterocycles. The molecule has 2 heterocycles. The molecule has 0 unspecified atom stereocenters. The Morgan fingerprint density at radius 3 is 2.35 bits per heavy atom. The van der Waals surface area contributed by atoms with Gasteiger partial charge in [-0.1, -0.05) is 0 Å². The third-order valence-electron chi connectivity index (χ3n) is 4.13. The monoisotopic (exact) mass is 357 g/mol. The molecule has 0 aliphatic carbocycles.